The van der Waals surface area contributed by atoms with Gasteiger partial charge in [-0.2, -0.15) is 0 Å². The first-order valence-corrected chi connectivity index (χ1v) is 18.0. The Hall–Kier alpha value is -6.70. The molecule has 0 amide bonds. The van der Waals surface area contributed by atoms with Crippen molar-refractivity contribution < 1.29 is 0 Å². The van der Waals surface area contributed by atoms with Crippen LogP contribution in [0, 0.1) is 0 Å². The van der Waals surface area contributed by atoms with Crippen molar-refractivity contribution in [2.24, 2.45) is 0 Å². The summed E-state index contributed by atoms with van der Waals surface area (Å²) in [5, 5.41) is 4.99. The Morgan fingerprint density at radius 3 is 1.56 bits per heavy atom. The Kier molecular flexibility index (Phi) is 7.11. The third-order valence-electron chi connectivity index (χ3n) is 10.9. The van der Waals surface area contributed by atoms with E-state index in [1.54, 1.807) is 0 Å². The summed E-state index contributed by atoms with van der Waals surface area (Å²) < 4.78 is 0. The number of fused-ring (bicyclic) bond motifs is 7. The Labute approximate surface area is 304 Å². The van der Waals surface area contributed by atoms with Gasteiger partial charge in [-0.3, -0.25) is 0 Å². The third kappa shape index (κ3) is 4.49. The van der Waals surface area contributed by atoms with Gasteiger partial charge < -0.3 is 4.90 Å². The number of hydrogen-bond donors (Lipinski definition) is 0. The van der Waals surface area contributed by atoms with Crippen LogP contribution in [-0.4, -0.2) is 0 Å². The first kappa shape index (κ1) is 30.2. The zero-order valence-corrected chi connectivity index (χ0v) is 28.7. The van der Waals surface area contributed by atoms with Crippen molar-refractivity contribution >= 4 is 38.6 Å². The van der Waals surface area contributed by atoms with Gasteiger partial charge in [-0.1, -0.05) is 188 Å². The molecular formula is C51H35N. The molecule has 0 radical (unpaired) electrons. The first-order valence-electron chi connectivity index (χ1n) is 18.0. The Bertz CT molecular complexity index is 2680. The molecule has 0 heterocycles. The van der Waals surface area contributed by atoms with Crippen molar-refractivity contribution in [3.63, 3.8) is 0 Å². The summed E-state index contributed by atoms with van der Waals surface area (Å²) in [6.07, 6.45) is 0. The highest BCUT2D eigenvalue weighted by Crippen LogP contribution is 2.61. The number of nitrogens with zero attached hydrogens (tertiary/aromatic N) is 1. The van der Waals surface area contributed by atoms with Crippen molar-refractivity contribution in [1.29, 1.82) is 0 Å². The molecule has 10 rings (SSSR count). The van der Waals surface area contributed by atoms with E-state index < -0.39 is 5.41 Å². The van der Waals surface area contributed by atoms with E-state index in [0.29, 0.717) is 0 Å². The molecular weight excluding hydrogens is 627 g/mol. The van der Waals surface area contributed by atoms with E-state index in [0.717, 1.165) is 17.1 Å². The maximum Gasteiger partial charge on any atom is 0.0714 e. The molecule has 0 aromatic heterocycles. The van der Waals surface area contributed by atoms with Crippen LogP contribution in [0.1, 0.15) is 22.3 Å². The number of rotatable bonds is 6. The standard InChI is InChI=1S/C51H35N/c1-5-19-36(20-6-1)41-28-17-18-32-47(41)52(40-26-11-4-12-27-40)48-35-46-50(44-31-16-15-30-43(44)48)49-42-29-14-13-21-37(42)33-34-45(49)51(46,38-22-7-2-8-23-38)39-24-9-3-10-25-39/h1-35H. The molecule has 0 bridgehead atoms. The smallest absolute Gasteiger partial charge is 0.0714 e. The van der Waals surface area contributed by atoms with Crippen molar-refractivity contribution in [1.82, 2.24) is 0 Å². The predicted octanol–water partition coefficient (Wildman–Crippen LogP) is 13.5. The fourth-order valence-corrected chi connectivity index (χ4v) is 8.79. The quantitative estimate of drug-likeness (QED) is 0.171. The van der Waals surface area contributed by atoms with E-state index in [1.807, 2.05) is 0 Å². The van der Waals surface area contributed by atoms with Crippen LogP contribution in [0.5, 0.6) is 0 Å². The van der Waals surface area contributed by atoms with Crippen LogP contribution in [0.3, 0.4) is 0 Å². The summed E-state index contributed by atoms with van der Waals surface area (Å²) in [5.74, 6) is 0. The second-order valence-corrected chi connectivity index (χ2v) is 13.6. The molecule has 0 atom stereocenters. The molecule has 1 aliphatic rings. The molecule has 1 aliphatic carbocycles. The maximum absolute atomic E-state index is 2.52. The zero-order chi connectivity index (χ0) is 34.5. The number of anilines is 3. The molecule has 9 aromatic rings. The highest BCUT2D eigenvalue weighted by Gasteiger charge is 2.48. The van der Waals surface area contributed by atoms with Gasteiger partial charge in [0.05, 0.1) is 16.8 Å². The summed E-state index contributed by atoms with van der Waals surface area (Å²) in [6.45, 7) is 0. The second-order valence-electron chi connectivity index (χ2n) is 13.6. The molecule has 0 N–H and O–H groups in total. The SMILES string of the molecule is c1ccc(-c2ccccc2N(c2ccccc2)c2cc3c(c4ccccc24)-c2c(ccc4ccccc24)C3(c2ccccc2)c2ccccc2)cc1. The average molecular weight is 662 g/mol. The molecule has 1 nitrogen and oxygen atoms in total. The monoisotopic (exact) mass is 661 g/mol. The average Bonchev–Trinajstić information content (AvgIpc) is 3.54. The minimum atomic E-state index is -0.558. The minimum Gasteiger partial charge on any atom is -0.309 e. The second kappa shape index (κ2) is 12.3. The van der Waals surface area contributed by atoms with Crippen LogP contribution >= 0.6 is 0 Å². The highest BCUT2D eigenvalue weighted by atomic mass is 15.1. The molecule has 0 saturated heterocycles. The van der Waals surface area contributed by atoms with E-state index in [9.17, 15) is 0 Å². The molecule has 1 heteroatoms. The third-order valence-corrected chi connectivity index (χ3v) is 10.9. The van der Waals surface area contributed by atoms with E-state index in [2.05, 4.69) is 217 Å². The van der Waals surface area contributed by atoms with Gasteiger partial charge in [-0.15, -0.1) is 0 Å². The number of benzene rings is 9. The Morgan fingerprint density at radius 2 is 0.865 bits per heavy atom. The van der Waals surface area contributed by atoms with Crippen molar-refractivity contribution in [3.05, 3.63) is 235 Å². The normalized spacial score (nSPS) is 12.8. The van der Waals surface area contributed by atoms with Gasteiger partial charge in [-0.25, -0.2) is 0 Å². The van der Waals surface area contributed by atoms with Crippen molar-refractivity contribution in [3.8, 4) is 22.3 Å². The fourth-order valence-electron chi connectivity index (χ4n) is 8.79. The van der Waals surface area contributed by atoms with E-state index in [-0.39, 0.29) is 0 Å². The lowest BCUT2D eigenvalue weighted by Crippen LogP contribution is -2.28. The maximum atomic E-state index is 2.52. The topological polar surface area (TPSA) is 3.24 Å². The van der Waals surface area contributed by atoms with Gasteiger partial charge in [-0.05, 0) is 79.4 Å². The fraction of sp³-hybridized carbons (Fsp3) is 0.0196. The highest BCUT2D eigenvalue weighted by molar-refractivity contribution is 6.16. The van der Waals surface area contributed by atoms with Crippen molar-refractivity contribution in [2.75, 3.05) is 4.90 Å². The number of para-hydroxylation sites is 2. The van der Waals surface area contributed by atoms with Crippen LogP contribution in [0.25, 0.3) is 43.8 Å². The lowest BCUT2D eigenvalue weighted by Gasteiger charge is -2.35. The lowest BCUT2D eigenvalue weighted by atomic mass is 9.67. The summed E-state index contributed by atoms with van der Waals surface area (Å²) in [4.78, 5) is 2.48. The van der Waals surface area contributed by atoms with Crippen LogP contribution in [0.4, 0.5) is 17.1 Å². The van der Waals surface area contributed by atoms with Gasteiger partial charge >= 0.3 is 0 Å². The molecule has 9 aromatic carbocycles. The molecule has 0 unspecified atom stereocenters. The largest absolute Gasteiger partial charge is 0.309 e. The lowest BCUT2D eigenvalue weighted by molar-refractivity contribution is 0.769. The first-order chi connectivity index (χ1) is 25.8. The van der Waals surface area contributed by atoms with Gasteiger partial charge in [0.2, 0.25) is 0 Å². The molecule has 0 aliphatic heterocycles. The van der Waals surface area contributed by atoms with Crippen LogP contribution in [0.2, 0.25) is 0 Å². The van der Waals surface area contributed by atoms with Crippen molar-refractivity contribution in [2.45, 2.75) is 5.41 Å². The summed E-state index contributed by atoms with van der Waals surface area (Å²) >= 11 is 0. The van der Waals surface area contributed by atoms with Gasteiger partial charge in [0.25, 0.3) is 0 Å². The van der Waals surface area contributed by atoms with E-state index in [1.165, 1.54) is 66.1 Å². The van der Waals surface area contributed by atoms with Crippen LogP contribution < -0.4 is 4.90 Å². The van der Waals surface area contributed by atoms with E-state index >= 15 is 0 Å². The zero-order valence-electron chi connectivity index (χ0n) is 28.7. The molecule has 0 saturated carbocycles. The Balaban J connectivity index is 1.40. The summed E-state index contributed by atoms with van der Waals surface area (Å²) in [5.41, 5.74) is 13.0. The molecule has 244 valence electrons. The molecule has 52 heavy (non-hydrogen) atoms. The minimum absolute atomic E-state index is 0.558. The van der Waals surface area contributed by atoms with Crippen LogP contribution in [-0.2, 0) is 5.41 Å². The molecule has 0 fully saturated rings. The van der Waals surface area contributed by atoms with Gasteiger partial charge in [0, 0.05) is 16.6 Å². The van der Waals surface area contributed by atoms with Gasteiger partial charge in [0.1, 0.15) is 0 Å². The van der Waals surface area contributed by atoms with Crippen LogP contribution in [0.15, 0.2) is 212 Å². The summed E-state index contributed by atoms with van der Waals surface area (Å²) in [6, 6.07) is 77.8. The van der Waals surface area contributed by atoms with Gasteiger partial charge in [0.15, 0.2) is 0 Å². The summed E-state index contributed by atoms with van der Waals surface area (Å²) in [7, 11) is 0. The predicted molar refractivity (Wildman–Crippen MR) is 219 cm³/mol. The molecule has 0 spiro atoms. The number of hydrogen-bond acceptors (Lipinski definition) is 1. The Morgan fingerprint density at radius 1 is 0.346 bits per heavy atom. The van der Waals surface area contributed by atoms with E-state index in [4.69, 9.17) is 0 Å².